The van der Waals surface area contributed by atoms with Gasteiger partial charge < -0.3 is 24.2 Å². The van der Waals surface area contributed by atoms with Crippen LogP contribution in [0.5, 0.6) is 0 Å². The van der Waals surface area contributed by atoms with E-state index in [4.69, 9.17) is 13.6 Å². The zero-order chi connectivity index (χ0) is 19.8. The summed E-state index contributed by atoms with van der Waals surface area (Å²) in [4.78, 5) is 23.4. The van der Waals surface area contributed by atoms with Gasteiger partial charge in [-0.1, -0.05) is 12.8 Å². The van der Waals surface area contributed by atoms with Crippen molar-refractivity contribution in [3.8, 4) is 0 Å². The van der Waals surface area contributed by atoms with Gasteiger partial charge in [0.25, 0.3) is 0 Å². The van der Waals surface area contributed by atoms with Gasteiger partial charge in [-0.05, 0) is 33.1 Å². The monoisotopic (exact) mass is 410 g/mol. The molecule has 154 valence electrons. The highest BCUT2D eigenvalue weighted by molar-refractivity contribution is 7.81. The van der Waals surface area contributed by atoms with E-state index in [2.05, 4.69) is 23.3 Å². The van der Waals surface area contributed by atoms with E-state index in [1.54, 1.807) is 14.2 Å². The Morgan fingerprint density at radius 2 is 1.50 bits per heavy atom. The molecule has 9 heteroatoms. The Labute approximate surface area is 164 Å². The summed E-state index contributed by atoms with van der Waals surface area (Å²) in [5, 5.41) is 5.70. The highest BCUT2D eigenvalue weighted by atomic mass is 32.1. The highest BCUT2D eigenvalue weighted by Gasteiger charge is 2.13. The summed E-state index contributed by atoms with van der Waals surface area (Å²) >= 11 is 4.35. The lowest BCUT2D eigenvalue weighted by Crippen LogP contribution is -2.34. The summed E-state index contributed by atoms with van der Waals surface area (Å²) in [5.74, 6) is -0.0331. The third kappa shape index (κ3) is 17.0. The Kier molecular flexibility index (Phi) is 15.4. The molecule has 2 amide bonds. The van der Waals surface area contributed by atoms with Crippen LogP contribution in [-0.4, -0.2) is 50.5 Å². The van der Waals surface area contributed by atoms with Gasteiger partial charge in [0.2, 0.25) is 11.8 Å². The summed E-state index contributed by atoms with van der Waals surface area (Å²) in [6, 6.07) is 0. The lowest BCUT2D eigenvalue weighted by atomic mass is 10.2. The molecule has 0 fully saturated rings. The van der Waals surface area contributed by atoms with E-state index in [1.165, 1.54) is 0 Å². The molecule has 0 spiro atoms. The van der Waals surface area contributed by atoms with E-state index in [0.29, 0.717) is 39.0 Å². The van der Waals surface area contributed by atoms with Crippen molar-refractivity contribution >= 4 is 33.0 Å². The minimum absolute atomic E-state index is 0.00138. The fourth-order valence-corrected chi connectivity index (χ4v) is 2.75. The number of rotatable bonds is 16. The number of thiol groups is 1. The summed E-state index contributed by atoms with van der Waals surface area (Å²) < 4.78 is 15.2. The Morgan fingerprint density at radius 1 is 0.923 bits per heavy atom. The molecule has 0 saturated carbocycles. The van der Waals surface area contributed by atoms with Crippen molar-refractivity contribution < 1.29 is 23.2 Å². The Morgan fingerprint density at radius 3 is 2.08 bits per heavy atom. The zero-order valence-corrected chi connectivity index (χ0v) is 18.3. The van der Waals surface area contributed by atoms with Crippen molar-refractivity contribution in [3.63, 3.8) is 0 Å². The molecule has 0 unspecified atom stereocenters. The van der Waals surface area contributed by atoms with Crippen LogP contribution in [0.2, 0.25) is 0 Å². The number of amides is 2. The smallest absolute Gasteiger partial charge is 0.332 e. The lowest BCUT2D eigenvalue weighted by molar-refractivity contribution is -0.122. The van der Waals surface area contributed by atoms with Crippen LogP contribution in [-0.2, 0) is 23.2 Å². The van der Waals surface area contributed by atoms with Crippen LogP contribution < -0.4 is 10.6 Å². The molecule has 26 heavy (non-hydrogen) atoms. The average molecular weight is 411 g/mol. The molecule has 0 aliphatic rings. The molecule has 0 aromatic heterocycles. The second kappa shape index (κ2) is 15.6. The van der Waals surface area contributed by atoms with E-state index < -0.39 is 8.60 Å². The fraction of sp³-hybridized carbons (Fsp3) is 0.882. The van der Waals surface area contributed by atoms with Crippen LogP contribution in [0.1, 0.15) is 58.8 Å². The molecule has 7 nitrogen and oxygen atoms in total. The highest BCUT2D eigenvalue weighted by Crippen LogP contribution is 2.37. The topological polar surface area (TPSA) is 85.9 Å². The molecule has 0 aliphatic carbocycles. The maximum absolute atomic E-state index is 11.7. The molecule has 0 rings (SSSR count). The first-order chi connectivity index (χ1) is 12.3. The van der Waals surface area contributed by atoms with Gasteiger partial charge in [-0.2, -0.15) is 12.6 Å². The van der Waals surface area contributed by atoms with Gasteiger partial charge in [0.1, 0.15) is 0 Å². The molecule has 0 bridgehead atoms. The Hall–Kier alpha value is -0.400. The van der Waals surface area contributed by atoms with Gasteiger partial charge in [0, 0.05) is 44.9 Å². The van der Waals surface area contributed by atoms with Crippen LogP contribution in [0.3, 0.4) is 0 Å². The minimum Gasteiger partial charge on any atom is -0.356 e. The number of carbonyl (C=O) groups excluding carboxylic acids is 2. The Bertz CT molecular complexity index is 390. The maximum atomic E-state index is 11.7. The summed E-state index contributed by atoms with van der Waals surface area (Å²) in [7, 11) is 1.92. The molecular weight excluding hydrogens is 375 g/mol. The van der Waals surface area contributed by atoms with Crippen LogP contribution in [0.4, 0.5) is 0 Å². The predicted octanol–water partition coefficient (Wildman–Crippen LogP) is 3.19. The van der Waals surface area contributed by atoms with Crippen molar-refractivity contribution in [2.75, 3.05) is 33.9 Å². The third-order valence-electron chi connectivity index (χ3n) is 3.41. The normalized spacial score (nSPS) is 11.6. The molecule has 0 saturated heterocycles. The van der Waals surface area contributed by atoms with Crippen molar-refractivity contribution in [2.24, 2.45) is 0 Å². The van der Waals surface area contributed by atoms with Gasteiger partial charge in [0.05, 0.1) is 6.61 Å². The number of nitrogens with one attached hydrogen (secondary N) is 2. The van der Waals surface area contributed by atoms with Gasteiger partial charge in [-0.3, -0.25) is 9.59 Å². The van der Waals surface area contributed by atoms with E-state index in [-0.39, 0.29) is 16.6 Å². The van der Waals surface area contributed by atoms with Crippen molar-refractivity contribution in [1.29, 1.82) is 0 Å². The molecule has 0 heterocycles. The van der Waals surface area contributed by atoms with Crippen molar-refractivity contribution in [3.05, 3.63) is 0 Å². The van der Waals surface area contributed by atoms with Crippen LogP contribution in [0.25, 0.3) is 0 Å². The largest absolute Gasteiger partial charge is 0.356 e. The number of hydrogen-bond donors (Lipinski definition) is 3. The average Bonchev–Trinajstić information content (AvgIpc) is 2.58. The molecular formula is C17H35N2O5PS. The molecule has 0 atom stereocenters. The van der Waals surface area contributed by atoms with Crippen LogP contribution in [0.15, 0.2) is 0 Å². The lowest BCUT2D eigenvalue weighted by Gasteiger charge is -2.17. The van der Waals surface area contributed by atoms with E-state index in [9.17, 15) is 9.59 Å². The first kappa shape index (κ1) is 25.6. The SMILES string of the molecule is COP(OC)OCCCCCCNC(=O)CCCC(=O)NCC(C)(C)S. The summed E-state index contributed by atoms with van der Waals surface area (Å²) in [6.07, 6.45) is 5.25. The molecule has 0 aliphatic heterocycles. The third-order valence-corrected chi connectivity index (χ3v) is 4.56. The quantitative estimate of drug-likeness (QED) is 0.207. The summed E-state index contributed by atoms with van der Waals surface area (Å²) in [6.45, 7) is 5.68. The standard InChI is InChI=1S/C17H35N2O5PS/c1-17(2,26)14-19-16(21)11-9-10-15(20)18-12-7-5-6-8-13-24-25(22-3)23-4/h26H,5-14H2,1-4H3,(H,18,20)(H,19,21). The second-order valence-corrected chi connectivity index (χ2v) is 9.28. The first-order valence-corrected chi connectivity index (χ1v) is 10.6. The molecule has 0 radical (unpaired) electrons. The molecule has 0 aromatic carbocycles. The predicted molar refractivity (Wildman–Crippen MR) is 108 cm³/mol. The minimum atomic E-state index is -1.20. The first-order valence-electron chi connectivity index (χ1n) is 9.05. The number of carbonyl (C=O) groups is 2. The number of unbranched alkanes of at least 4 members (excludes halogenated alkanes) is 3. The zero-order valence-electron chi connectivity index (χ0n) is 16.5. The molecule has 0 aromatic rings. The molecule has 2 N–H and O–H groups in total. The fourth-order valence-electron chi connectivity index (χ4n) is 2.03. The van der Waals surface area contributed by atoms with Gasteiger partial charge in [-0.15, -0.1) is 0 Å². The van der Waals surface area contributed by atoms with E-state index >= 15 is 0 Å². The maximum Gasteiger partial charge on any atom is 0.332 e. The van der Waals surface area contributed by atoms with Crippen molar-refractivity contribution in [2.45, 2.75) is 63.5 Å². The van der Waals surface area contributed by atoms with Crippen molar-refractivity contribution in [1.82, 2.24) is 10.6 Å². The van der Waals surface area contributed by atoms with Crippen LogP contribution >= 0.6 is 21.2 Å². The van der Waals surface area contributed by atoms with Crippen LogP contribution in [0, 0.1) is 0 Å². The van der Waals surface area contributed by atoms with Gasteiger partial charge in [0.15, 0.2) is 0 Å². The summed E-state index contributed by atoms with van der Waals surface area (Å²) in [5.41, 5.74) is 0. The number of hydrogen-bond acceptors (Lipinski definition) is 6. The van der Waals surface area contributed by atoms with E-state index in [1.807, 2.05) is 13.8 Å². The second-order valence-electron chi connectivity index (χ2n) is 6.63. The van der Waals surface area contributed by atoms with E-state index in [0.717, 1.165) is 25.7 Å². The van der Waals surface area contributed by atoms with Gasteiger partial charge >= 0.3 is 8.60 Å². The van der Waals surface area contributed by atoms with Gasteiger partial charge in [-0.25, -0.2) is 0 Å². The Balaban J connectivity index is 3.46.